The number of amides is 3. The molecule has 128 valence electrons. The number of hydrogen-bond acceptors (Lipinski definition) is 3. The van der Waals surface area contributed by atoms with Crippen molar-refractivity contribution in [2.45, 2.75) is 19.9 Å². The largest absolute Gasteiger partial charge is 0.352 e. The highest BCUT2D eigenvalue weighted by Crippen LogP contribution is 2.25. The van der Waals surface area contributed by atoms with Gasteiger partial charge >= 0.3 is 0 Å². The monoisotopic (exact) mass is 356 g/mol. The van der Waals surface area contributed by atoms with Crippen LogP contribution in [-0.4, -0.2) is 29.2 Å². The van der Waals surface area contributed by atoms with Crippen LogP contribution in [0.4, 0.5) is 0 Å². The van der Waals surface area contributed by atoms with E-state index < -0.39 is 5.91 Å². The number of hydrogen-bond donors (Lipinski definition) is 1. The van der Waals surface area contributed by atoms with Crippen molar-refractivity contribution in [2.75, 3.05) is 6.54 Å². The topological polar surface area (TPSA) is 66.5 Å². The zero-order chi connectivity index (χ0) is 18.0. The summed E-state index contributed by atoms with van der Waals surface area (Å²) in [6, 6.07) is 12.4. The molecular weight excluding hydrogens is 340 g/mol. The zero-order valence-electron chi connectivity index (χ0n) is 13.7. The molecule has 5 nitrogen and oxygen atoms in total. The van der Waals surface area contributed by atoms with Gasteiger partial charge in [-0.3, -0.25) is 19.3 Å². The average Bonchev–Trinajstić information content (AvgIpc) is 2.83. The molecule has 1 N–H and O–H groups in total. The second kappa shape index (κ2) is 7.07. The third-order valence-electron chi connectivity index (χ3n) is 4.11. The minimum absolute atomic E-state index is 0.0453. The third-order valence-corrected chi connectivity index (χ3v) is 4.34. The Hall–Kier alpha value is -2.66. The number of nitrogens with one attached hydrogen (secondary N) is 1. The van der Waals surface area contributed by atoms with Crippen LogP contribution >= 0.6 is 11.6 Å². The molecule has 3 rings (SSSR count). The molecule has 0 saturated heterocycles. The highest BCUT2D eigenvalue weighted by atomic mass is 35.5. The molecule has 2 aromatic rings. The average molecular weight is 357 g/mol. The molecule has 0 bridgehead atoms. The maximum Gasteiger partial charge on any atom is 0.261 e. The predicted octanol–water partition coefficient (Wildman–Crippen LogP) is 2.95. The van der Waals surface area contributed by atoms with Crippen molar-refractivity contribution in [3.63, 3.8) is 0 Å². The first kappa shape index (κ1) is 17.2. The summed E-state index contributed by atoms with van der Waals surface area (Å²) < 4.78 is 0. The summed E-state index contributed by atoms with van der Waals surface area (Å²) >= 11 is 5.87. The van der Waals surface area contributed by atoms with E-state index in [9.17, 15) is 14.4 Å². The van der Waals surface area contributed by atoms with Crippen LogP contribution in [0.2, 0.25) is 5.02 Å². The number of fused-ring (bicyclic) bond motifs is 1. The molecule has 0 aliphatic carbocycles. The normalized spacial score (nSPS) is 13.1. The molecule has 1 aliphatic heterocycles. The molecule has 6 heteroatoms. The molecule has 1 heterocycles. The lowest BCUT2D eigenvalue weighted by atomic mass is 10.1. The van der Waals surface area contributed by atoms with Gasteiger partial charge < -0.3 is 5.32 Å². The predicted molar refractivity (Wildman–Crippen MR) is 94.5 cm³/mol. The summed E-state index contributed by atoms with van der Waals surface area (Å²) in [6.45, 7) is 2.46. The van der Waals surface area contributed by atoms with Crippen LogP contribution in [0.5, 0.6) is 0 Å². The lowest BCUT2D eigenvalue weighted by Gasteiger charge is -2.13. The van der Waals surface area contributed by atoms with Crippen LogP contribution in [0.25, 0.3) is 0 Å². The van der Waals surface area contributed by atoms with Gasteiger partial charge in [-0.25, -0.2) is 0 Å². The fourth-order valence-corrected chi connectivity index (χ4v) is 2.85. The Kier molecular flexibility index (Phi) is 4.86. The number of nitrogens with zero attached hydrogens (tertiary/aromatic N) is 1. The van der Waals surface area contributed by atoms with E-state index in [1.165, 1.54) is 12.1 Å². The van der Waals surface area contributed by atoms with Crippen LogP contribution in [-0.2, 0) is 11.3 Å². The lowest BCUT2D eigenvalue weighted by molar-refractivity contribution is -0.121. The van der Waals surface area contributed by atoms with Crippen LogP contribution in [0.1, 0.15) is 38.3 Å². The van der Waals surface area contributed by atoms with Gasteiger partial charge in [0.05, 0.1) is 11.1 Å². The maximum absolute atomic E-state index is 12.3. The number of aryl methyl sites for hydroxylation is 1. The van der Waals surface area contributed by atoms with E-state index in [1.807, 2.05) is 31.2 Å². The van der Waals surface area contributed by atoms with Gasteiger partial charge in [-0.1, -0.05) is 41.4 Å². The summed E-state index contributed by atoms with van der Waals surface area (Å²) in [5.41, 5.74) is 2.77. The Labute approximate surface area is 150 Å². The molecule has 0 aromatic heterocycles. The van der Waals surface area contributed by atoms with Crippen molar-refractivity contribution in [1.29, 1.82) is 0 Å². The van der Waals surface area contributed by atoms with Crippen LogP contribution in [0.3, 0.4) is 0 Å². The molecular formula is C19H17ClN2O3. The van der Waals surface area contributed by atoms with Gasteiger partial charge in [0, 0.05) is 24.5 Å². The van der Waals surface area contributed by atoms with Gasteiger partial charge in [-0.05, 0) is 30.7 Å². The van der Waals surface area contributed by atoms with Gasteiger partial charge in [0.15, 0.2) is 0 Å². The van der Waals surface area contributed by atoms with E-state index in [0.717, 1.165) is 16.0 Å². The van der Waals surface area contributed by atoms with Gasteiger partial charge in [0.2, 0.25) is 5.91 Å². The van der Waals surface area contributed by atoms with E-state index in [-0.39, 0.29) is 30.3 Å². The minimum atomic E-state index is -0.408. The standard InChI is InChI=1S/C19H17ClN2O3/c1-12-2-4-13(5-3-12)11-21-17(23)8-9-22-18(24)15-7-6-14(20)10-16(15)19(22)25/h2-7,10H,8-9,11H2,1H3,(H,21,23). The van der Waals surface area contributed by atoms with Crippen molar-refractivity contribution < 1.29 is 14.4 Å². The number of carbonyl (C=O) groups is 3. The van der Waals surface area contributed by atoms with Crippen molar-refractivity contribution in [1.82, 2.24) is 10.2 Å². The van der Waals surface area contributed by atoms with Crippen LogP contribution in [0.15, 0.2) is 42.5 Å². The number of benzene rings is 2. The van der Waals surface area contributed by atoms with Crippen LogP contribution < -0.4 is 5.32 Å². The zero-order valence-corrected chi connectivity index (χ0v) is 14.5. The molecule has 2 aromatic carbocycles. The van der Waals surface area contributed by atoms with E-state index in [1.54, 1.807) is 6.07 Å². The van der Waals surface area contributed by atoms with Crippen molar-refractivity contribution in [2.24, 2.45) is 0 Å². The van der Waals surface area contributed by atoms with E-state index in [2.05, 4.69) is 5.32 Å². The van der Waals surface area contributed by atoms with Gasteiger partial charge in [0.25, 0.3) is 11.8 Å². The second-order valence-electron chi connectivity index (χ2n) is 5.96. The first-order valence-corrected chi connectivity index (χ1v) is 8.31. The van der Waals surface area contributed by atoms with E-state index in [4.69, 9.17) is 11.6 Å². The summed E-state index contributed by atoms with van der Waals surface area (Å²) in [5, 5.41) is 3.19. The van der Waals surface area contributed by atoms with Gasteiger partial charge in [-0.15, -0.1) is 0 Å². The first-order valence-electron chi connectivity index (χ1n) is 7.93. The first-order chi connectivity index (χ1) is 12.0. The Morgan fingerprint density at radius 1 is 1.04 bits per heavy atom. The minimum Gasteiger partial charge on any atom is -0.352 e. The molecule has 1 aliphatic rings. The summed E-state index contributed by atoms with van der Waals surface area (Å²) in [5.74, 6) is -1.01. The lowest BCUT2D eigenvalue weighted by Crippen LogP contribution is -2.34. The fourth-order valence-electron chi connectivity index (χ4n) is 2.67. The molecule has 3 amide bonds. The summed E-state index contributed by atoms with van der Waals surface area (Å²) in [6.07, 6.45) is 0.0606. The summed E-state index contributed by atoms with van der Waals surface area (Å²) in [7, 11) is 0. The SMILES string of the molecule is Cc1ccc(CNC(=O)CCN2C(=O)c3ccc(Cl)cc3C2=O)cc1. The van der Waals surface area contributed by atoms with Crippen molar-refractivity contribution in [3.8, 4) is 0 Å². The van der Waals surface area contributed by atoms with Crippen molar-refractivity contribution in [3.05, 3.63) is 69.7 Å². The van der Waals surface area contributed by atoms with Gasteiger partial charge in [0.1, 0.15) is 0 Å². The maximum atomic E-state index is 12.3. The molecule has 0 atom stereocenters. The van der Waals surface area contributed by atoms with Gasteiger partial charge in [-0.2, -0.15) is 0 Å². The molecule has 0 radical (unpaired) electrons. The van der Waals surface area contributed by atoms with E-state index >= 15 is 0 Å². The molecule has 0 fully saturated rings. The second-order valence-corrected chi connectivity index (χ2v) is 6.40. The molecule has 0 spiro atoms. The van der Waals surface area contributed by atoms with E-state index in [0.29, 0.717) is 17.1 Å². The fraction of sp³-hybridized carbons (Fsp3) is 0.211. The highest BCUT2D eigenvalue weighted by Gasteiger charge is 2.35. The Morgan fingerprint density at radius 2 is 1.72 bits per heavy atom. The smallest absolute Gasteiger partial charge is 0.261 e. The Balaban J connectivity index is 1.55. The number of rotatable bonds is 5. The molecule has 0 saturated carbocycles. The quantitative estimate of drug-likeness (QED) is 0.837. The van der Waals surface area contributed by atoms with Crippen LogP contribution in [0, 0.1) is 6.92 Å². The van der Waals surface area contributed by atoms with Crippen molar-refractivity contribution >= 4 is 29.3 Å². The Bertz CT molecular complexity index is 846. The summed E-state index contributed by atoms with van der Waals surface area (Å²) in [4.78, 5) is 37.7. The Morgan fingerprint density at radius 3 is 2.44 bits per heavy atom. The third kappa shape index (κ3) is 3.72. The number of carbonyl (C=O) groups excluding carboxylic acids is 3. The molecule has 0 unspecified atom stereocenters. The number of halogens is 1. The highest BCUT2D eigenvalue weighted by molar-refractivity contribution is 6.32. The number of imide groups is 1. The molecule has 25 heavy (non-hydrogen) atoms.